The molecule has 1 heterocycles. The Hall–Kier alpha value is -1.95. The number of aromatic nitrogens is 3. The van der Waals surface area contributed by atoms with Crippen LogP contribution < -0.4 is 11.1 Å². The van der Waals surface area contributed by atoms with Gasteiger partial charge in [-0.25, -0.2) is 4.68 Å². The number of fused-ring (bicyclic) bond motifs is 1. The summed E-state index contributed by atoms with van der Waals surface area (Å²) >= 11 is 0. The molecule has 0 radical (unpaired) electrons. The van der Waals surface area contributed by atoms with Crippen molar-refractivity contribution >= 4 is 16.9 Å². The minimum absolute atomic E-state index is 0.0529. The van der Waals surface area contributed by atoms with E-state index in [1.165, 1.54) is 0 Å². The highest BCUT2D eigenvalue weighted by molar-refractivity contribution is 5.97. The van der Waals surface area contributed by atoms with Crippen LogP contribution in [0.5, 0.6) is 0 Å². The lowest BCUT2D eigenvalue weighted by Crippen LogP contribution is -2.39. The molecule has 6 heteroatoms. The summed E-state index contributed by atoms with van der Waals surface area (Å²) in [5.74, 6) is 0.349. The maximum atomic E-state index is 12.3. The van der Waals surface area contributed by atoms with E-state index < -0.39 is 0 Å². The van der Waals surface area contributed by atoms with E-state index in [0.29, 0.717) is 18.0 Å². The molecule has 20 heavy (non-hydrogen) atoms. The summed E-state index contributed by atoms with van der Waals surface area (Å²) < 4.78 is 1.69. The molecular formula is C14H19N5O. The Balaban J connectivity index is 1.78. The molecule has 3 N–H and O–H groups in total. The van der Waals surface area contributed by atoms with Gasteiger partial charge in [0.05, 0.1) is 5.52 Å². The summed E-state index contributed by atoms with van der Waals surface area (Å²) in [5, 5.41) is 11.1. The third kappa shape index (κ3) is 2.27. The van der Waals surface area contributed by atoms with Gasteiger partial charge >= 0.3 is 0 Å². The fraction of sp³-hybridized carbons (Fsp3) is 0.500. The van der Waals surface area contributed by atoms with Crippen molar-refractivity contribution in [1.29, 1.82) is 0 Å². The first-order chi connectivity index (χ1) is 9.69. The monoisotopic (exact) mass is 273 g/mol. The van der Waals surface area contributed by atoms with Crippen LogP contribution in [0.4, 0.5) is 0 Å². The average molecular weight is 273 g/mol. The Morgan fingerprint density at radius 3 is 3.15 bits per heavy atom. The first-order valence-electron chi connectivity index (χ1n) is 6.99. The van der Waals surface area contributed by atoms with E-state index in [9.17, 15) is 4.79 Å². The highest BCUT2D eigenvalue weighted by atomic mass is 16.1. The molecule has 1 aromatic carbocycles. The second kappa shape index (κ2) is 5.20. The summed E-state index contributed by atoms with van der Waals surface area (Å²) in [7, 11) is 1.83. The normalized spacial score (nSPS) is 22.3. The average Bonchev–Trinajstić information content (AvgIpc) is 3.05. The third-order valence-corrected chi connectivity index (χ3v) is 4.15. The summed E-state index contributed by atoms with van der Waals surface area (Å²) in [6.07, 6.45) is 3.25. The number of hydrogen-bond donors (Lipinski definition) is 2. The maximum absolute atomic E-state index is 12.3. The van der Waals surface area contributed by atoms with Crippen LogP contribution in [0.15, 0.2) is 18.2 Å². The minimum Gasteiger partial charge on any atom is -0.349 e. The molecule has 0 saturated heterocycles. The van der Waals surface area contributed by atoms with Crippen LogP contribution in [0.2, 0.25) is 0 Å². The maximum Gasteiger partial charge on any atom is 0.251 e. The van der Waals surface area contributed by atoms with Crippen molar-refractivity contribution < 1.29 is 4.79 Å². The molecule has 106 valence electrons. The molecule has 3 rings (SSSR count). The second-order valence-electron chi connectivity index (χ2n) is 5.42. The number of hydrogen-bond acceptors (Lipinski definition) is 4. The number of amides is 1. The summed E-state index contributed by atoms with van der Waals surface area (Å²) in [5.41, 5.74) is 8.03. The number of carbonyl (C=O) groups is 1. The van der Waals surface area contributed by atoms with Crippen LogP contribution in [0.1, 0.15) is 29.6 Å². The Morgan fingerprint density at radius 2 is 2.35 bits per heavy atom. The molecule has 6 nitrogen and oxygen atoms in total. The van der Waals surface area contributed by atoms with Crippen molar-refractivity contribution in [2.24, 2.45) is 18.7 Å². The lowest BCUT2D eigenvalue weighted by molar-refractivity contribution is 0.0929. The predicted molar refractivity (Wildman–Crippen MR) is 76.2 cm³/mol. The van der Waals surface area contributed by atoms with Gasteiger partial charge in [-0.05, 0) is 43.5 Å². The lowest BCUT2D eigenvalue weighted by atomic mass is 10.0. The number of nitrogens with zero attached hydrogens (tertiary/aromatic N) is 3. The standard InChI is InChI=1S/C14H19N5O/c1-19-13-6-5-9(7-12(13)17-18-19)14(20)16-11-4-2-3-10(11)8-15/h5-7,10-11H,2-4,8,15H2,1H3,(H,16,20). The smallest absolute Gasteiger partial charge is 0.251 e. The van der Waals surface area contributed by atoms with Crippen molar-refractivity contribution in [2.75, 3.05) is 6.54 Å². The highest BCUT2D eigenvalue weighted by Gasteiger charge is 2.27. The SMILES string of the molecule is Cn1nnc2cc(C(=O)NC3CCCC3CN)ccc21. The zero-order valence-electron chi connectivity index (χ0n) is 11.5. The lowest BCUT2D eigenvalue weighted by Gasteiger charge is -2.19. The molecular weight excluding hydrogens is 254 g/mol. The molecule has 1 amide bonds. The molecule has 1 aliphatic rings. The van der Waals surface area contributed by atoms with Gasteiger partial charge in [0.15, 0.2) is 0 Å². The van der Waals surface area contributed by atoms with E-state index in [1.54, 1.807) is 10.7 Å². The number of benzene rings is 1. The molecule has 2 unspecified atom stereocenters. The van der Waals surface area contributed by atoms with Gasteiger partial charge in [-0.15, -0.1) is 5.10 Å². The van der Waals surface area contributed by atoms with Crippen molar-refractivity contribution in [3.05, 3.63) is 23.8 Å². The number of carbonyl (C=O) groups excluding carboxylic acids is 1. The topological polar surface area (TPSA) is 85.8 Å². The van der Waals surface area contributed by atoms with Crippen LogP contribution in [-0.4, -0.2) is 33.5 Å². The Bertz CT molecular complexity index is 636. The molecule has 0 bridgehead atoms. The number of rotatable bonds is 3. The molecule has 1 saturated carbocycles. The first-order valence-corrected chi connectivity index (χ1v) is 6.99. The van der Waals surface area contributed by atoms with Gasteiger partial charge in [0.25, 0.3) is 5.91 Å². The molecule has 0 aliphatic heterocycles. The molecule has 1 fully saturated rings. The number of nitrogens with one attached hydrogen (secondary N) is 1. The van der Waals surface area contributed by atoms with Crippen LogP contribution in [0, 0.1) is 5.92 Å². The van der Waals surface area contributed by atoms with Crippen LogP contribution in [0.25, 0.3) is 11.0 Å². The van der Waals surface area contributed by atoms with Crippen molar-refractivity contribution in [3.63, 3.8) is 0 Å². The van der Waals surface area contributed by atoms with Gasteiger partial charge in [-0.3, -0.25) is 4.79 Å². The van der Waals surface area contributed by atoms with E-state index in [-0.39, 0.29) is 11.9 Å². The van der Waals surface area contributed by atoms with E-state index in [2.05, 4.69) is 15.6 Å². The second-order valence-corrected chi connectivity index (χ2v) is 5.42. The Morgan fingerprint density at radius 1 is 1.50 bits per heavy atom. The van der Waals surface area contributed by atoms with E-state index >= 15 is 0 Å². The summed E-state index contributed by atoms with van der Waals surface area (Å²) in [4.78, 5) is 12.3. The molecule has 1 aliphatic carbocycles. The predicted octanol–water partition coefficient (Wildman–Crippen LogP) is 0.826. The third-order valence-electron chi connectivity index (χ3n) is 4.15. The van der Waals surface area contributed by atoms with Crippen LogP contribution in [-0.2, 0) is 7.05 Å². The van der Waals surface area contributed by atoms with Gasteiger partial charge in [-0.2, -0.15) is 0 Å². The van der Waals surface area contributed by atoms with E-state index in [0.717, 1.165) is 30.3 Å². The summed E-state index contributed by atoms with van der Waals surface area (Å²) in [6.45, 7) is 0.633. The number of nitrogens with two attached hydrogens (primary N) is 1. The zero-order chi connectivity index (χ0) is 14.1. The van der Waals surface area contributed by atoms with Gasteiger partial charge in [-0.1, -0.05) is 11.6 Å². The molecule has 2 aromatic rings. The van der Waals surface area contributed by atoms with E-state index in [4.69, 9.17) is 5.73 Å². The van der Waals surface area contributed by atoms with Crippen molar-refractivity contribution in [3.8, 4) is 0 Å². The van der Waals surface area contributed by atoms with Gasteiger partial charge in [0.1, 0.15) is 5.52 Å². The molecule has 2 atom stereocenters. The van der Waals surface area contributed by atoms with E-state index in [1.807, 2.05) is 19.2 Å². The molecule has 1 aromatic heterocycles. The first kappa shape index (κ1) is 13.1. The minimum atomic E-state index is -0.0529. The van der Waals surface area contributed by atoms with Gasteiger partial charge in [0.2, 0.25) is 0 Å². The number of aryl methyl sites for hydroxylation is 1. The Kier molecular flexibility index (Phi) is 3.40. The van der Waals surface area contributed by atoms with Gasteiger partial charge < -0.3 is 11.1 Å². The largest absolute Gasteiger partial charge is 0.349 e. The van der Waals surface area contributed by atoms with Gasteiger partial charge in [0, 0.05) is 18.7 Å². The Labute approximate surface area is 117 Å². The fourth-order valence-electron chi connectivity index (χ4n) is 2.94. The molecule has 0 spiro atoms. The zero-order valence-corrected chi connectivity index (χ0v) is 11.5. The quantitative estimate of drug-likeness (QED) is 0.867. The fourth-order valence-corrected chi connectivity index (χ4v) is 2.94. The highest BCUT2D eigenvalue weighted by Crippen LogP contribution is 2.25. The van der Waals surface area contributed by atoms with Crippen molar-refractivity contribution in [2.45, 2.75) is 25.3 Å². The van der Waals surface area contributed by atoms with Crippen LogP contribution >= 0.6 is 0 Å². The summed E-state index contributed by atoms with van der Waals surface area (Å²) in [6, 6.07) is 5.67. The van der Waals surface area contributed by atoms with Crippen LogP contribution in [0.3, 0.4) is 0 Å². The van der Waals surface area contributed by atoms with Crippen molar-refractivity contribution in [1.82, 2.24) is 20.3 Å².